The van der Waals surface area contributed by atoms with Gasteiger partial charge in [-0.2, -0.15) is 0 Å². The van der Waals surface area contributed by atoms with Gasteiger partial charge in [-0.3, -0.25) is 14.2 Å². The zero-order chi connectivity index (χ0) is 14.7. The average molecular weight is 291 g/mol. The molecule has 7 heteroatoms. The molecule has 1 aromatic heterocycles. The van der Waals surface area contributed by atoms with E-state index in [-0.39, 0.29) is 5.75 Å². The van der Waals surface area contributed by atoms with Gasteiger partial charge in [0, 0.05) is 23.1 Å². The van der Waals surface area contributed by atoms with E-state index in [0.29, 0.717) is 10.7 Å². The first-order valence-electron chi connectivity index (χ1n) is 5.78. The minimum Gasteiger partial charge on any atom is -0.481 e. The zero-order valence-corrected chi connectivity index (χ0v) is 11.6. The number of thioether (sulfide) groups is 1. The molecule has 0 aliphatic heterocycles. The maximum absolute atomic E-state index is 11.2. The molecule has 104 valence electrons. The molecule has 0 saturated carbocycles. The summed E-state index contributed by atoms with van der Waals surface area (Å²) in [6.07, 6.45) is 1.65. The predicted molar refractivity (Wildman–Crippen MR) is 75.2 cm³/mol. The SMILES string of the molecule is Cc1cnc(SCC(=O)O)n1-c1cccc(C(N)=O)c1. The smallest absolute Gasteiger partial charge is 0.313 e. The number of primary amides is 1. The van der Waals surface area contributed by atoms with Crippen LogP contribution in [-0.4, -0.2) is 32.3 Å². The third-order valence-electron chi connectivity index (χ3n) is 2.62. The molecule has 0 fully saturated rings. The molecule has 6 nitrogen and oxygen atoms in total. The van der Waals surface area contributed by atoms with E-state index >= 15 is 0 Å². The lowest BCUT2D eigenvalue weighted by molar-refractivity contribution is -0.133. The Balaban J connectivity index is 2.41. The Morgan fingerprint density at radius 2 is 2.20 bits per heavy atom. The summed E-state index contributed by atoms with van der Waals surface area (Å²) < 4.78 is 1.79. The number of carbonyl (C=O) groups is 2. The van der Waals surface area contributed by atoms with Gasteiger partial charge < -0.3 is 10.8 Å². The number of aryl methyl sites for hydroxylation is 1. The molecule has 0 atom stereocenters. The average Bonchev–Trinajstić information content (AvgIpc) is 2.77. The number of hydrogen-bond acceptors (Lipinski definition) is 4. The van der Waals surface area contributed by atoms with Gasteiger partial charge in [-0.1, -0.05) is 17.8 Å². The lowest BCUT2D eigenvalue weighted by atomic mass is 10.2. The van der Waals surface area contributed by atoms with Crippen LogP contribution in [0, 0.1) is 6.92 Å². The van der Waals surface area contributed by atoms with E-state index < -0.39 is 11.9 Å². The summed E-state index contributed by atoms with van der Waals surface area (Å²) in [6, 6.07) is 6.82. The van der Waals surface area contributed by atoms with E-state index in [1.807, 2.05) is 13.0 Å². The van der Waals surface area contributed by atoms with Gasteiger partial charge in [0.25, 0.3) is 0 Å². The molecule has 0 aliphatic carbocycles. The van der Waals surface area contributed by atoms with Crippen LogP contribution in [0.4, 0.5) is 0 Å². The fourth-order valence-electron chi connectivity index (χ4n) is 1.76. The highest BCUT2D eigenvalue weighted by molar-refractivity contribution is 7.99. The Hall–Kier alpha value is -2.28. The van der Waals surface area contributed by atoms with Gasteiger partial charge in [0.05, 0.1) is 5.75 Å². The number of nitrogens with two attached hydrogens (primary N) is 1. The third kappa shape index (κ3) is 3.00. The quantitative estimate of drug-likeness (QED) is 0.813. The van der Waals surface area contributed by atoms with E-state index in [9.17, 15) is 9.59 Å². The molecular formula is C13H13N3O3S. The van der Waals surface area contributed by atoms with Crippen molar-refractivity contribution in [1.82, 2.24) is 9.55 Å². The first kappa shape index (κ1) is 14.1. The zero-order valence-electron chi connectivity index (χ0n) is 10.7. The number of aromatic nitrogens is 2. The number of carboxylic acids is 1. The van der Waals surface area contributed by atoms with Crippen molar-refractivity contribution in [2.45, 2.75) is 12.1 Å². The van der Waals surface area contributed by atoms with Crippen molar-refractivity contribution in [1.29, 1.82) is 0 Å². The number of amides is 1. The second-order valence-corrected chi connectivity index (χ2v) is 5.06. The van der Waals surface area contributed by atoms with Crippen LogP contribution in [0.5, 0.6) is 0 Å². The molecule has 2 aromatic rings. The molecule has 0 aliphatic rings. The fraction of sp³-hybridized carbons (Fsp3) is 0.154. The van der Waals surface area contributed by atoms with Gasteiger partial charge >= 0.3 is 5.97 Å². The van der Waals surface area contributed by atoms with Crippen LogP contribution in [0.1, 0.15) is 16.1 Å². The molecule has 1 amide bonds. The molecule has 0 spiro atoms. The standard InChI is InChI=1S/C13H13N3O3S/c1-8-6-15-13(20-7-11(17)18)16(8)10-4-2-3-9(5-10)12(14)19/h2-6H,7H2,1H3,(H2,14,19)(H,17,18). The van der Waals surface area contributed by atoms with Crippen LogP contribution in [0.3, 0.4) is 0 Å². The molecule has 20 heavy (non-hydrogen) atoms. The van der Waals surface area contributed by atoms with E-state index in [4.69, 9.17) is 10.8 Å². The molecule has 0 unspecified atom stereocenters. The largest absolute Gasteiger partial charge is 0.481 e. The molecule has 3 N–H and O–H groups in total. The number of imidazole rings is 1. The number of rotatable bonds is 5. The number of carbonyl (C=O) groups excluding carboxylic acids is 1. The molecule has 2 rings (SSSR count). The lowest BCUT2D eigenvalue weighted by Crippen LogP contribution is -2.11. The second-order valence-electron chi connectivity index (χ2n) is 4.11. The maximum atomic E-state index is 11.2. The van der Waals surface area contributed by atoms with Crippen LogP contribution in [0.25, 0.3) is 5.69 Å². The summed E-state index contributed by atoms with van der Waals surface area (Å²) >= 11 is 1.12. The van der Waals surface area contributed by atoms with Crippen LogP contribution in [0.15, 0.2) is 35.6 Å². The highest BCUT2D eigenvalue weighted by atomic mass is 32.2. The van der Waals surface area contributed by atoms with E-state index in [2.05, 4.69) is 4.98 Å². The van der Waals surface area contributed by atoms with Gasteiger partial charge in [0.15, 0.2) is 5.16 Å². The highest BCUT2D eigenvalue weighted by Gasteiger charge is 2.12. The molecule has 0 radical (unpaired) electrons. The van der Waals surface area contributed by atoms with Crippen molar-refractivity contribution in [3.63, 3.8) is 0 Å². The molecule has 0 saturated heterocycles. The highest BCUT2D eigenvalue weighted by Crippen LogP contribution is 2.23. The van der Waals surface area contributed by atoms with E-state index in [0.717, 1.165) is 23.1 Å². The number of aliphatic carboxylic acids is 1. The van der Waals surface area contributed by atoms with E-state index in [1.54, 1.807) is 29.0 Å². The summed E-state index contributed by atoms with van der Waals surface area (Å²) in [6.45, 7) is 1.86. The van der Waals surface area contributed by atoms with Gasteiger partial charge in [-0.25, -0.2) is 4.98 Å². The first-order valence-corrected chi connectivity index (χ1v) is 6.77. The summed E-state index contributed by atoms with van der Waals surface area (Å²) in [4.78, 5) is 26.1. The normalized spacial score (nSPS) is 10.4. The minimum atomic E-state index is -0.909. The Kier molecular flexibility index (Phi) is 4.09. The summed E-state index contributed by atoms with van der Waals surface area (Å²) in [5.74, 6) is -1.50. The summed E-state index contributed by atoms with van der Waals surface area (Å²) in [5, 5.41) is 9.30. The molecule has 1 aromatic carbocycles. The second kappa shape index (κ2) is 5.79. The van der Waals surface area contributed by atoms with E-state index in [1.165, 1.54) is 0 Å². The van der Waals surface area contributed by atoms with Crippen LogP contribution in [0.2, 0.25) is 0 Å². The van der Waals surface area contributed by atoms with Gasteiger partial charge in [0.2, 0.25) is 5.91 Å². The van der Waals surface area contributed by atoms with Crippen molar-refractivity contribution >= 4 is 23.6 Å². The van der Waals surface area contributed by atoms with Crippen molar-refractivity contribution in [3.05, 3.63) is 41.7 Å². The molecule has 0 bridgehead atoms. The van der Waals surface area contributed by atoms with Crippen molar-refractivity contribution < 1.29 is 14.7 Å². The van der Waals surface area contributed by atoms with Crippen molar-refractivity contribution in [3.8, 4) is 5.69 Å². The summed E-state index contributed by atoms with van der Waals surface area (Å²) in [7, 11) is 0. The van der Waals surface area contributed by atoms with Crippen LogP contribution < -0.4 is 5.73 Å². The number of benzene rings is 1. The topological polar surface area (TPSA) is 98.2 Å². The third-order valence-corrected chi connectivity index (χ3v) is 3.56. The van der Waals surface area contributed by atoms with Crippen molar-refractivity contribution in [2.24, 2.45) is 5.73 Å². The first-order chi connectivity index (χ1) is 9.49. The predicted octanol–water partition coefficient (Wildman–Crippen LogP) is 1.46. The Bertz CT molecular complexity index is 667. The maximum Gasteiger partial charge on any atom is 0.313 e. The number of hydrogen-bond donors (Lipinski definition) is 2. The number of nitrogens with zero attached hydrogens (tertiary/aromatic N) is 2. The van der Waals surface area contributed by atoms with Gasteiger partial charge in [0.1, 0.15) is 0 Å². The van der Waals surface area contributed by atoms with Crippen LogP contribution in [-0.2, 0) is 4.79 Å². The Labute approximate surface area is 119 Å². The summed E-state index contributed by atoms with van der Waals surface area (Å²) in [5.41, 5.74) is 7.23. The van der Waals surface area contributed by atoms with Crippen LogP contribution >= 0.6 is 11.8 Å². The molecular weight excluding hydrogens is 278 g/mol. The minimum absolute atomic E-state index is 0.0774. The fourth-order valence-corrected chi connectivity index (χ4v) is 2.51. The Morgan fingerprint density at radius 1 is 1.45 bits per heavy atom. The van der Waals surface area contributed by atoms with Gasteiger partial charge in [-0.05, 0) is 25.1 Å². The van der Waals surface area contributed by atoms with Crippen molar-refractivity contribution in [2.75, 3.05) is 5.75 Å². The lowest BCUT2D eigenvalue weighted by Gasteiger charge is -2.10. The molecule has 1 heterocycles. The monoisotopic (exact) mass is 291 g/mol. The number of carboxylic acid groups (broad SMARTS) is 1. The Morgan fingerprint density at radius 3 is 2.85 bits per heavy atom. The van der Waals surface area contributed by atoms with Gasteiger partial charge in [-0.15, -0.1) is 0 Å².